The summed E-state index contributed by atoms with van der Waals surface area (Å²) in [5, 5.41) is 0. The highest BCUT2D eigenvalue weighted by Crippen LogP contribution is 2.38. The first-order chi connectivity index (χ1) is 5.80. The quantitative estimate of drug-likeness (QED) is 0.652. The van der Waals surface area contributed by atoms with Crippen molar-refractivity contribution in [3.63, 3.8) is 0 Å². The fourth-order valence-electron chi connectivity index (χ4n) is 1.87. The van der Waals surface area contributed by atoms with Crippen LogP contribution in [0, 0.1) is 5.92 Å². The molecular formula is C10H16O2S. The number of sulfone groups is 1. The Morgan fingerprint density at radius 2 is 1.46 bits per heavy atom. The van der Waals surface area contributed by atoms with E-state index in [1.54, 1.807) is 13.8 Å². The fourth-order valence-corrected chi connectivity index (χ4v) is 3.52. The van der Waals surface area contributed by atoms with Gasteiger partial charge in [0.1, 0.15) is 0 Å². The summed E-state index contributed by atoms with van der Waals surface area (Å²) in [6.07, 6.45) is 0. The summed E-state index contributed by atoms with van der Waals surface area (Å²) >= 11 is 0. The van der Waals surface area contributed by atoms with E-state index >= 15 is 0 Å². The smallest absolute Gasteiger partial charge is 0.198 e. The lowest BCUT2D eigenvalue weighted by Crippen LogP contribution is -1.99. The Morgan fingerprint density at radius 3 is 1.62 bits per heavy atom. The van der Waals surface area contributed by atoms with Crippen LogP contribution in [0.4, 0.5) is 0 Å². The predicted octanol–water partition coefficient (Wildman–Crippen LogP) is 2.64. The third-order valence-electron chi connectivity index (χ3n) is 2.69. The molecule has 0 aromatic rings. The lowest BCUT2D eigenvalue weighted by Gasteiger charge is -2.08. The molecule has 0 aromatic carbocycles. The summed E-state index contributed by atoms with van der Waals surface area (Å²) in [5.74, 6) is 0.284. The number of hydrogen-bond acceptors (Lipinski definition) is 2. The summed E-state index contributed by atoms with van der Waals surface area (Å²) in [6.45, 7) is 9.32. The van der Waals surface area contributed by atoms with Crippen molar-refractivity contribution >= 4 is 9.84 Å². The van der Waals surface area contributed by atoms with E-state index in [1.165, 1.54) is 0 Å². The van der Waals surface area contributed by atoms with Gasteiger partial charge < -0.3 is 0 Å². The fraction of sp³-hybridized carbons (Fsp3) is 0.600. The lowest BCUT2D eigenvalue weighted by atomic mass is 9.96. The number of rotatable bonds is 1. The zero-order valence-corrected chi connectivity index (χ0v) is 9.62. The molecule has 0 bridgehead atoms. The Hall–Kier alpha value is -0.570. The maximum absolute atomic E-state index is 11.7. The molecule has 0 N–H and O–H groups in total. The van der Waals surface area contributed by atoms with E-state index in [2.05, 4.69) is 0 Å². The van der Waals surface area contributed by atoms with Gasteiger partial charge in [0, 0.05) is 9.81 Å². The molecule has 1 rings (SSSR count). The lowest BCUT2D eigenvalue weighted by molar-refractivity contribution is 0.608. The highest BCUT2D eigenvalue weighted by atomic mass is 32.2. The van der Waals surface area contributed by atoms with E-state index in [0.29, 0.717) is 9.81 Å². The minimum Gasteiger partial charge on any atom is -0.219 e. The van der Waals surface area contributed by atoms with Crippen molar-refractivity contribution in [3.05, 3.63) is 21.0 Å². The van der Waals surface area contributed by atoms with Crippen LogP contribution in [0.1, 0.15) is 34.6 Å². The minimum absolute atomic E-state index is 0.284. The molecular weight excluding hydrogens is 184 g/mol. The van der Waals surface area contributed by atoms with E-state index in [9.17, 15) is 8.42 Å². The predicted molar refractivity (Wildman–Crippen MR) is 54.8 cm³/mol. The molecule has 0 fully saturated rings. The van der Waals surface area contributed by atoms with E-state index in [1.807, 2.05) is 20.8 Å². The first kappa shape index (κ1) is 10.5. The van der Waals surface area contributed by atoms with Gasteiger partial charge in [-0.25, -0.2) is 8.42 Å². The molecule has 3 heteroatoms. The SMILES string of the molecule is CC1=C(C)S(=O)(=O)C(C)=C1C(C)C. The van der Waals surface area contributed by atoms with Gasteiger partial charge in [0.2, 0.25) is 0 Å². The van der Waals surface area contributed by atoms with Crippen LogP contribution in [-0.4, -0.2) is 8.42 Å². The van der Waals surface area contributed by atoms with E-state index in [-0.39, 0.29) is 5.92 Å². The molecule has 13 heavy (non-hydrogen) atoms. The maximum atomic E-state index is 11.7. The van der Waals surface area contributed by atoms with Crippen molar-refractivity contribution in [3.8, 4) is 0 Å². The molecule has 0 amide bonds. The second-order valence-electron chi connectivity index (χ2n) is 3.81. The van der Waals surface area contributed by atoms with E-state index in [4.69, 9.17) is 0 Å². The normalized spacial score (nSPS) is 22.0. The molecule has 0 saturated heterocycles. The van der Waals surface area contributed by atoms with Gasteiger partial charge in [-0.1, -0.05) is 13.8 Å². The van der Waals surface area contributed by atoms with Crippen molar-refractivity contribution < 1.29 is 8.42 Å². The van der Waals surface area contributed by atoms with Crippen LogP contribution in [0.2, 0.25) is 0 Å². The van der Waals surface area contributed by atoms with Gasteiger partial charge in [-0.2, -0.15) is 0 Å². The summed E-state index contributed by atoms with van der Waals surface area (Å²) in [5.41, 5.74) is 1.94. The van der Waals surface area contributed by atoms with Crippen LogP contribution >= 0.6 is 0 Å². The zero-order chi connectivity index (χ0) is 10.4. The first-order valence-electron chi connectivity index (χ1n) is 4.43. The average molecular weight is 200 g/mol. The molecule has 1 aliphatic heterocycles. The molecule has 0 aliphatic carbocycles. The topological polar surface area (TPSA) is 34.1 Å². The van der Waals surface area contributed by atoms with Gasteiger partial charge in [0.15, 0.2) is 9.84 Å². The van der Waals surface area contributed by atoms with Gasteiger partial charge >= 0.3 is 0 Å². The molecule has 0 aromatic heterocycles. The molecule has 1 heterocycles. The Balaban J connectivity index is 3.48. The molecule has 0 saturated carbocycles. The third-order valence-corrected chi connectivity index (χ3v) is 4.83. The molecule has 0 radical (unpaired) electrons. The van der Waals surface area contributed by atoms with Crippen LogP contribution in [0.3, 0.4) is 0 Å². The zero-order valence-electron chi connectivity index (χ0n) is 8.80. The van der Waals surface area contributed by atoms with Gasteiger partial charge in [-0.3, -0.25) is 0 Å². The molecule has 0 atom stereocenters. The van der Waals surface area contributed by atoms with Crippen molar-refractivity contribution in [1.29, 1.82) is 0 Å². The van der Waals surface area contributed by atoms with E-state index in [0.717, 1.165) is 11.1 Å². The molecule has 74 valence electrons. The first-order valence-corrected chi connectivity index (χ1v) is 5.92. The Kier molecular flexibility index (Phi) is 2.41. The van der Waals surface area contributed by atoms with Gasteiger partial charge in [0.05, 0.1) is 0 Å². The van der Waals surface area contributed by atoms with Gasteiger partial charge in [-0.15, -0.1) is 0 Å². The second-order valence-corrected chi connectivity index (χ2v) is 6.04. The highest BCUT2D eigenvalue weighted by Gasteiger charge is 2.31. The summed E-state index contributed by atoms with van der Waals surface area (Å²) in [4.78, 5) is 1.06. The maximum Gasteiger partial charge on any atom is 0.198 e. The highest BCUT2D eigenvalue weighted by molar-refractivity contribution is 7.99. The molecule has 0 unspecified atom stereocenters. The van der Waals surface area contributed by atoms with Crippen molar-refractivity contribution in [2.45, 2.75) is 34.6 Å². The number of allylic oxidation sites excluding steroid dienone is 4. The average Bonchev–Trinajstić information content (AvgIpc) is 2.14. The Labute approximate surface area is 80.3 Å². The van der Waals surface area contributed by atoms with Gasteiger partial charge in [0.25, 0.3) is 0 Å². The van der Waals surface area contributed by atoms with Crippen LogP contribution in [0.15, 0.2) is 21.0 Å². The second kappa shape index (κ2) is 2.98. The van der Waals surface area contributed by atoms with Crippen LogP contribution in [-0.2, 0) is 9.84 Å². The van der Waals surface area contributed by atoms with Crippen molar-refractivity contribution in [2.24, 2.45) is 5.92 Å². The summed E-state index contributed by atoms with van der Waals surface area (Å²) < 4.78 is 23.4. The monoisotopic (exact) mass is 200 g/mol. The third kappa shape index (κ3) is 1.35. The van der Waals surface area contributed by atoms with Crippen LogP contribution in [0.25, 0.3) is 0 Å². The van der Waals surface area contributed by atoms with Crippen molar-refractivity contribution in [1.82, 2.24) is 0 Å². The largest absolute Gasteiger partial charge is 0.219 e. The van der Waals surface area contributed by atoms with Gasteiger partial charge in [-0.05, 0) is 37.8 Å². The minimum atomic E-state index is -3.09. The molecule has 1 aliphatic rings. The van der Waals surface area contributed by atoms with Crippen LogP contribution < -0.4 is 0 Å². The number of hydrogen-bond donors (Lipinski definition) is 0. The standard InChI is InChI=1S/C10H16O2S/c1-6(2)10-7(3)8(4)13(11,12)9(10)5/h6H,1-5H3. The van der Waals surface area contributed by atoms with Crippen molar-refractivity contribution in [2.75, 3.05) is 0 Å². The van der Waals surface area contributed by atoms with E-state index < -0.39 is 9.84 Å². The Bertz CT molecular complexity index is 395. The summed E-state index contributed by atoms with van der Waals surface area (Å²) in [7, 11) is -3.09. The molecule has 2 nitrogen and oxygen atoms in total. The Morgan fingerprint density at radius 1 is 1.00 bits per heavy atom. The summed E-state index contributed by atoms with van der Waals surface area (Å²) in [6, 6.07) is 0. The molecule has 0 spiro atoms. The van der Waals surface area contributed by atoms with Crippen LogP contribution in [0.5, 0.6) is 0 Å².